The smallest absolute Gasteiger partial charge is 0.333 e. The lowest BCUT2D eigenvalue weighted by Gasteiger charge is -2.29. The molecule has 3 nitrogen and oxygen atoms in total. The maximum Gasteiger partial charge on any atom is 0.333 e. The molecule has 0 fully saturated rings. The van der Waals surface area contributed by atoms with Crippen molar-refractivity contribution in [3.8, 4) is 0 Å². The van der Waals surface area contributed by atoms with Crippen molar-refractivity contribution in [3.05, 3.63) is 113 Å². The van der Waals surface area contributed by atoms with Gasteiger partial charge in [0.2, 0.25) is 0 Å². The van der Waals surface area contributed by atoms with Gasteiger partial charge in [0.15, 0.2) is 0 Å². The molecule has 0 atom stereocenters. The molecule has 3 rings (SSSR count). The SMILES string of the molecule is COC(=O)/C(C/C=C/c1ccc(C=O)cc1)=C(/c1ccccc1)[Si](C)(C)c1ccccc1. The number of methoxy groups -OCH3 is 1. The van der Waals surface area contributed by atoms with Crippen LogP contribution in [-0.2, 0) is 9.53 Å². The lowest BCUT2D eigenvalue weighted by atomic mass is 10.1. The molecule has 162 valence electrons. The summed E-state index contributed by atoms with van der Waals surface area (Å²) in [5.74, 6) is -0.304. The van der Waals surface area contributed by atoms with E-state index in [2.05, 4.69) is 37.4 Å². The highest BCUT2D eigenvalue weighted by Gasteiger charge is 2.33. The highest BCUT2D eigenvalue weighted by molar-refractivity contribution is 7.05. The zero-order valence-electron chi connectivity index (χ0n) is 18.7. The maximum atomic E-state index is 13.0. The van der Waals surface area contributed by atoms with Crippen molar-refractivity contribution >= 4 is 36.8 Å². The first-order valence-corrected chi connectivity index (χ1v) is 13.6. The molecule has 4 heteroatoms. The van der Waals surface area contributed by atoms with Crippen LogP contribution < -0.4 is 5.19 Å². The molecule has 0 amide bonds. The Morgan fingerprint density at radius 3 is 1.97 bits per heavy atom. The summed E-state index contributed by atoms with van der Waals surface area (Å²) in [4.78, 5) is 23.9. The van der Waals surface area contributed by atoms with E-state index in [1.54, 1.807) is 12.1 Å². The number of carbonyl (C=O) groups excluding carboxylic acids is 2. The van der Waals surface area contributed by atoms with Crippen molar-refractivity contribution in [2.24, 2.45) is 0 Å². The Hall–Kier alpha value is -3.50. The second kappa shape index (κ2) is 10.7. The van der Waals surface area contributed by atoms with Gasteiger partial charge in [-0.25, -0.2) is 4.79 Å². The fourth-order valence-electron chi connectivity index (χ4n) is 3.93. The number of hydrogen-bond donors (Lipinski definition) is 0. The molecule has 0 bridgehead atoms. The van der Waals surface area contributed by atoms with Crippen LogP contribution in [0, 0.1) is 0 Å². The van der Waals surface area contributed by atoms with Crippen LogP contribution >= 0.6 is 0 Å². The van der Waals surface area contributed by atoms with E-state index < -0.39 is 8.07 Å². The molecule has 0 saturated carbocycles. The van der Waals surface area contributed by atoms with E-state index in [0.29, 0.717) is 17.6 Å². The van der Waals surface area contributed by atoms with Gasteiger partial charge in [-0.2, -0.15) is 0 Å². The number of ether oxygens (including phenoxy) is 1. The average molecular weight is 441 g/mol. The highest BCUT2D eigenvalue weighted by atomic mass is 28.3. The first kappa shape index (κ1) is 23.2. The monoisotopic (exact) mass is 440 g/mol. The van der Waals surface area contributed by atoms with Crippen molar-refractivity contribution in [2.45, 2.75) is 19.5 Å². The number of benzene rings is 3. The van der Waals surface area contributed by atoms with Gasteiger partial charge in [-0.15, -0.1) is 0 Å². The number of esters is 1. The molecular weight excluding hydrogens is 412 g/mol. The minimum absolute atomic E-state index is 0.304. The van der Waals surface area contributed by atoms with Crippen LogP contribution in [0.5, 0.6) is 0 Å². The van der Waals surface area contributed by atoms with Crippen LogP contribution in [0.25, 0.3) is 11.3 Å². The van der Waals surface area contributed by atoms with Crippen molar-refractivity contribution in [2.75, 3.05) is 7.11 Å². The van der Waals surface area contributed by atoms with Gasteiger partial charge in [0.1, 0.15) is 14.4 Å². The van der Waals surface area contributed by atoms with Gasteiger partial charge in [0.25, 0.3) is 0 Å². The third-order valence-electron chi connectivity index (χ3n) is 5.62. The third-order valence-corrected chi connectivity index (χ3v) is 9.24. The molecule has 0 unspecified atom stereocenters. The van der Waals surface area contributed by atoms with Gasteiger partial charge in [-0.05, 0) is 22.7 Å². The van der Waals surface area contributed by atoms with E-state index >= 15 is 0 Å². The topological polar surface area (TPSA) is 43.4 Å². The number of carbonyl (C=O) groups is 2. The molecular formula is C28H28O3Si. The predicted molar refractivity (Wildman–Crippen MR) is 134 cm³/mol. The summed E-state index contributed by atoms with van der Waals surface area (Å²) in [5, 5.41) is 2.34. The van der Waals surface area contributed by atoms with E-state index in [-0.39, 0.29) is 5.97 Å². The van der Waals surface area contributed by atoms with Crippen molar-refractivity contribution in [1.29, 1.82) is 0 Å². The van der Waals surface area contributed by atoms with E-state index in [1.807, 2.05) is 60.7 Å². The summed E-state index contributed by atoms with van der Waals surface area (Å²) >= 11 is 0. The number of allylic oxidation sites excluding steroid dienone is 1. The lowest BCUT2D eigenvalue weighted by Crippen LogP contribution is -2.44. The summed E-state index contributed by atoms with van der Waals surface area (Å²) in [5.41, 5.74) is 3.34. The van der Waals surface area contributed by atoms with Crippen molar-refractivity contribution < 1.29 is 14.3 Å². The second-order valence-corrected chi connectivity index (χ2v) is 12.4. The van der Waals surface area contributed by atoms with Crippen molar-refractivity contribution in [1.82, 2.24) is 0 Å². The molecule has 0 aliphatic rings. The van der Waals surface area contributed by atoms with Crippen LogP contribution in [0.2, 0.25) is 13.1 Å². The number of rotatable bonds is 8. The Balaban J connectivity index is 2.10. The van der Waals surface area contributed by atoms with Gasteiger partial charge >= 0.3 is 5.97 Å². The van der Waals surface area contributed by atoms with Gasteiger partial charge in [0, 0.05) is 11.1 Å². The van der Waals surface area contributed by atoms with E-state index in [0.717, 1.165) is 22.6 Å². The molecule has 0 aliphatic heterocycles. The molecule has 0 aliphatic carbocycles. The van der Waals surface area contributed by atoms with E-state index in [1.165, 1.54) is 12.3 Å². The zero-order valence-corrected chi connectivity index (χ0v) is 19.7. The van der Waals surface area contributed by atoms with Gasteiger partial charge in [-0.1, -0.05) is 115 Å². The Labute approximate surface area is 191 Å². The molecule has 0 spiro atoms. The summed E-state index contributed by atoms with van der Waals surface area (Å²) < 4.78 is 5.23. The Morgan fingerprint density at radius 2 is 1.41 bits per heavy atom. The Morgan fingerprint density at radius 1 is 0.844 bits per heavy atom. The van der Waals surface area contributed by atoms with E-state index in [4.69, 9.17) is 4.74 Å². The van der Waals surface area contributed by atoms with Crippen LogP contribution in [0.1, 0.15) is 27.9 Å². The normalized spacial score (nSPS) is 12.3. The fraction of sp³-hybridized carbons (Fsp3) is 0.143. The maximum absolute atomic E-state index is 13.0. The summed E-state index contributed by atoms with van der Waals surface area (Å²) in [7, 11) is -0.793. The molecule has 0 aromatic heterocycles. The highest BCUT2D eigenvalue weighted by Crippen LogP contribution is 2.32. The fourth-order valence-corrected chi connectivity index (χ4v) is 7.09. The Bertz CT molecular complexity index is 1110. The van der Waals surface area contributed by atoms with Crippen LogP contribution in [-0.4, -0.2) is 27.4 Å². The summed E-state index contributed by atoms with van der Waals surface area (Å²) in [6.45, 7) is 4.55. The minimum atomic E-state index is -2.23. The van der Waals surface area contributed by atoms with Crippen LogP contribution in [0.15, 0.2) is 96.6 Å². The molecule has 32 heavy (non-hydrogen) atoms. The second-order valence-electron chi connectivity index (χ2n) is 8.09. The zero-order chi connectivity index (χ0) is 23.0. The molecule has 0 saturated heterocycles. The lowest BCUT2D eigenvalue weighted by molar-refractivity contribution is -0.136. The third kappa shape index (κ3) is 5.40. The Kier molecular flexibility index (Phi) is 7.74. The number of aldehydes is 1. The summed E-state index contributed by atoms with van der Waals surface area (Å²) in [6, 6.07) is 27.9. The molecule has 3 aromatic rings. The standard InChI is InChI=1S/C28H28O3Si/c1-31-28(30)26(16-10-11-22-17-19-23(21-29)20-18-22)27(24-12-6-4-7-13-24)32(2,3)25-14-8-5-9-15-25/h4-15,17-21H,16H2,1-3H3/b11-10+,27-26-. The molecule has 0 N–H and O–H groups in total. The quantitative estimate of drug-likeness (QED) is 0.196. The predicted octanol–water partition coefficient (Wildman–Crippen LogP) is 5.68. The van der Waals surface area contributed by atoms with Crippen LogP contribution in [0.3, 0.4) is 0 Å². The largest absolute Gasteiger partial charge is 0.466 e. The van der Waals surface area contributed by atoms with Gasteiger partial charge in [0.05, 0.1) is 7.11 Å². The average Bonchev–Trinajstić information content (AvgIpc) is 2.84. The first-order valence-electron chi connectivity index (χ1n) is 10.6. The number of hydrogen-bond acceptors (Lipinski definition) is 3. The van der Waals surface area contributed by atoms with Crippen molar-refractivity contribution in [3.63, 3.8) is 0 Å². The van der Waals surface area contributed by atoms with Gasteiger partial charge < -0.3 is 4.74 Å². The van der Waals surface area contributed by atoms with Gasteiger partial charge in [-0.3, -0.25) is 4.79 Å². The molecule has 3 aromatic carbocycles. The van der Waals surface area contributed by atoms with E-state index in [9.17, 15) is 9.59 Å². The first-order chi connectivity index (χ1) is 15.5. The minimum Gasteiger partial charge on any atom is -0.466 e. The molecule has 0 heterocycles. The summed E-state index contributed by atoms with van der Waals surface area (Å²) in [6.07, 6.45) is 5.24. The molecule has 0 radical (unpaired) electrons. The van der Waals surface area contributed by atoms with Crippen LogP contribution in [0.4, 0.5) is 0 Å².